The minimum Gasteiger partial charge on any atom is -0.469 e. The molecule has 0 aromatic carbocycles. The van der Waals surface area contributed by atoms with Gasteiger partial charge in [-0.25, -0.2) is 8.78 Å². The van der Waals surface area contributed by atoms with Gasteiger partial charge in [0, 0.05) is 6.20 Å². The summed E-state index contributed by atoms with van der Waals surface area (Å²) in [6.07, 6.45) is -1.38. The van der Waals surface area contributed by atoms with Gasteiger partial charge in [0.05, 0.1) is 13.5 Å². The Morgan fingerprint density at radius 2 is 2.36 bits per heavy atom. The predicted molar refractivity (Wildman–Crippen MR) is 44.9 cm³/mol. The summed E-state index contributed by atoms with van der Waals surface area (Å²) in [5.74, 6) is -0.462. The van der Waals surface area contributed by atoms with Crippen LogP contribution in [0.25, 0.3) is 0 Å². The lowest BCUT2D eigenvalue weighted by molar-refractivity contribution is -0.139. The highest BCUT2D eigenvalue weighted by molar-refractivity contribution is 5.72. The molecule has 1 rings (SSSR count). The summed E-state index contributed by atoms with van der Waals surface area (Å²) in [5, 5.41) is 0. The first-order valence-electron chi connectivity index (χ1n) is 3.93. The van der Waals surface area contributed by atoms with Crippen LogP contribution in [0, 0.1) is 0 Å². The van der Waals surface area contributed by atoms with E-state index in [1.165, 1.54) is 25.4 Å². The first kappa shape index (κ1) is 10.6. The molecular formula is C9H9F2NO2. The standard InChI is InChI=1S/C9H9F2NO2/c1-14-8(13)5-6-2-3-12-7(4-6)9(10)11/h2-4,9H,5H2,1H3. The maximum atomic E-state index is 12.2. The van der Waals surface area contributed by atoms with Crippen LogP contribution in [0.3, 0.4) is 0 Å². The van der Waals surface area contributed by atoms with Gasteiger partial charge in [-0.3, -0.25) is 9.78 Å². The molecule has 0 spiro atoms. The van der Waals surface area contributed by atoms with Crippen LogP contribution in [0.15, 0.2) is 18.3 Å². The van der Waals surface area contributed by atoms with Crippen LogP contribution in [-0.4, -0.2) is 18.1 Å². The van der Waals surface area contributed by atoms with E-state index in [1.54, 1.807) is 0 Å². The second-order valence-electron chi connectivity index (χ2n) is 2.64. The maximum Gasteiger partial charge on any atom is 0.309 e. The molecule has 0 fully saturated rings. The van der Waals surface area contributed by atoms with Gasteiger partial charge < -0.3 is 4.74 Å². The second-order valence-corrected chi connectivity index (χ2v) is 2.64. The van der Waals surface area contributed by atoms with Crippen LogP contribution in [0.5, 0.6) is 0 Å². The Bertz CT molecular complexity index is 328. The number of rotatable bonds is 3. The lowest BCUT2D eigenvalue weighted by atomic mass is 10.2. The van der Waals surface area contributed by atoms with E-state index in [9.17, 15) is 13.6 Å². The Labute approximate surface area is 79.7 Å². The average Bonchev–Trinajstić information content (AvgIpc) is 2.18. The summed E-state index contributed by atoms with van der Waals surface area (Å²) in [4.78, 5) is 14.3. The Kier molecular flexibility index (Phi) is 3.50. The van der Waals surface area contributed by atoms with E-state index in [0.29, 0.717) is 5.56 Å². The van der Waals surface area contributed by atoms with Crippen molar-refractivity contribution in [2.24, 2.45) is 0 Å². The van der Waals surface area contributed by atoms with Gasteiger partial charge >= 0.3 is 5.97 Å². The van der Waals surface area contributed by atoms with Gasteiger partial charge in [0.15, 0.2) is 0 Å². The molecule has 14 heavy (non-hydrogen) atoms. The third kappa shape index (κ3) is 2.76. The van der Waals surface area contributed by atoms with E-state index in [0.717, 1.165) is 0 Å². The number of methoxy groups -OCH3 is 1. The number of hydrogen-bond donors (Lipinski definition) is 0. The molecule has 76 valence electrons. The molecule has 1 heterocycles. The number of hydrogen-bond acceptors (Lipinski definition) is 3. The topological polar surface area (TPSA) is 39.2 Å². The number of halogens is 2. The molecule has 3 nitrogen and oxygen atoms in total. The van der Waals surface area contributed by atoms with Crippen LogP contribution in [0.4, 0.5) is 8.78 Å². The van der Waals surface area contributed by atoms with Crippen molar-refractivity contribution in [3.63, 3.8) is 0 Å². The largest absolute Gasteiger partial charge is 0.469 e. The lowest BCUT2D eigenvalue weighted by Crippen LogP contribution is -2.05. The van der Waals surface area contributed by atoms with Crippen LogP contribution in [0.1, 0.15) is 17.7 Å². The van der Waals surface area contributed by atoms with Gasteiger partial charge in [-0.15, -0.1) is 0 Å². The van der Waals surface area contributed by atoms with Crippen molar-refractivity contribution >= 4 is 5.97 Å². The molecule has 0 saturated heterocycles. The van der Waals surface area contributed by atoms with E-state index >= 15 is 0 Å². The summed E-state index contributed by atoms with van der Waals surface area (Å²) >= 11 is 0. The van der Waals surface area contributed by atoms with Crippen molar-refractivity contribution in [1.82, 2.24) is 4.98 Å². The van der Waals surface area contributed by atoms with Crippen LogP contribution in [-0.2, 0) is 16.0 Å². The van der Waals surface area contributed by atoms with Crippen LogP contribution < -0.4 is 0 Å². The molecule has 5 heteroatoms. The fourth-order valence-electron chi connectivity index (χ4n) is 0.963. The van der Waals surface area contributed by atoms with Crippen LogP contribution in [0.2, 0.25) is 0 Å². The quantitative estimate of drug-likeness (QED) is 0.699. The molecule has 0 radical (unpaired) electrons. The first-order valence-corrected chi connectivity index (χ1v) is 3.93. The minimum absolute atomic E-state index is 0.0151. The van der Waals surface area contributed by atoms with Crippen molar-refractivity contribution < 1.29 is 18.3 Å². The summed E-state index contributed by atoms with van der Waals surface area (Å²) in [5.41, 5.74) is 0.147. The van der Waals surface area contributed by atoms with E-state index in [-0.39, 0.29) is 12.1 Å². The monoisotopic (exact) mass is 201 g/mol. The molecule has 0 N–H and O–H groups in total. The second kappa shape index (κ2) is 4.64. The average molecular weight is 201 g/mol. The zero-order valence-corrected chi connectivity index (χ0v) is 7.54. The number of pyridine rings is 1. The molecule has 1 aromatic rings. The number of carbonyl (C=O) groups is 1. The Balaban J connectivity index is 2.78. The molecule has 0 saturated carbocycles. The summed E-state index contributed by atoms with van der Waals surface area (Å²) in [6, 6.07) is 2.70. The number of carbonyl (C=O) groups excluding carboxylic acids is 1. The number of alkyl halides is 2. The summed E-state index contributed by atoms with van der Waals surface area (Å²) in [7, 11) is 1.25. The number of ether oxygens (including phenoxy) is 1. The molecular weight excluding hydrogens is 192 g/mol. The fraction of sp³-hybridized carbons (Fsp3) is 0.333. The minimum atomic E-state index is -2.62. The molecule has 0 amide bonds. The van der Waals surface area contributed by atoms with E-state index < -0.39 is 12.4 Å². The SMILES string of the molecule is COC(=O)Cc1ccnc(C(F)F)c1. The first-order chi connectivity index (χ1) is 6.63. The van der Waals surface area contributed by atoms with Crippen molar-refractivity contribution in [3.8, 4) is 0 Å². The van der Waals surface area contributed by atoms with Gasteiger partial charge in [-0.05, 0) is 17.7 Å². The smallest absolute Gasteiger partial charge is 0.309 e. The molecule has 0 aliphatic heterocycles. The van der Waals surface area contributed by atoms with Crippen molar-refractivity contribution in [1.29, 1.82) is 0 Å². The lowest BCUT2D eigenvalue weighted by Gasteiger charge is -2.02. The number of aromatic nitrogens is 1. The Morgan fingerprint density at radius 3 is 2.93 bits per heavy atom. The third-order valence-corrected chi connectivity index (χ3v) is 1.65. The molecule has 0 aliphatic rings. The zero-order valence-electron chi connectivity index (χ0n) is 7.54. The normalized spacial score (nSPS) is 10.3. The zero-order chi connectivity index (χ0) is 10.6. The maximum absolute atomic E-state index is 12.2. The van der Waals surface area contributed by atoms with Crippen molar-refractivity contribution in [3.05, 3.63) is 29.6 Å². The molecule has 1 aromatic heterocycles. The van der Waals surface area contributed by atoms with Gasteiger partial charge in [0.1, 0.15) is 5.69 Å². The summed E-state index contributed by atoms with van der Waals surface area (Å²) in [6.45, 7) is 0. The fourth-order valence-corrected chi connectivity index (χ4v) is 0.963. The predicted octanol–water partition coefficient (Wildman–Crippen LogP) is 1.73. The van der Waals surface area contributed by atoms with Gasteiger partial charge in [0.2, 0.25) is 0 Å². The number of nitrogens with zero attached hydrogens (tertiary/aromatic N) is 1. The van der Waals surface area contributed by atoms with Crippen molar-refractivity contribution in [2.45, 2.75) is 12.8 Å². The van der Waals surface area contributed by atoms with Gasteiger partial charge in [-0.1, -0.05) is 0 Å². The van der Waals surface area contributed by atoms with Gasteiger partial charge in [-0.2, -0.15) is 0 Å². The number of esters is 1. The summed E-state index contributed by atoms with van der Waals surface area (Å²) < 4.78 is 28.8. The molecule has 0 aliphatic carbocycles. The van der Waals surface area contributed by atoms with E-state index in [2.05, 4.69) is 9.72 Å². The van der Waals surface area contributed by atoms with E-state index in [4.69, 9.17) is 0 Å². The third-order valence-electron chi connectivity index (χ3n) is 1.65. The molecule has 0 bridgehead atoms. The highest BCUT2D eigenvalue weighted by Crippen LogP contribution is 2.16. The van der Waals surface area contributed by atoms with Crippen LogP contribution >= 0.6 is 0 Å². The molecule has 0 unspecified atom stereocenters. The Hall–Kier alpha value is -1.52. The highest BCUT2D eigenvalue weighted by atomic mass is 19.3. The molecule has 0 atom stereocenters. The van der Waals surface area contributed by atoms with Gasteiger partial charge in [0.25, 0.3) is 6.43 Å². The Morgan fingerprint density at radius 1 is 1.64 bits per heavy atom. The van der Waals surface area contributed by atoms with Crippen molar-refractivity contribution in [2.75, 3.05) is 7.11 Å². The van der Waals surface area contributed by atoms with E-state index in [1.807, 2.05) is 0 Å². The highest BCUT2D eigenvalue weighted by Gasteiger charge is 2.10.